The van der Waals surface area contributed by atoms with E-state index in [9.17, 15) is 4.79 Å². The third kappa shape index (κ3) is 2.00. The van der Waals surface area contributed by atoms with Gasteiger partial charge in [0, 0.05) is 6.54 Å². The Bertz CT molecular complexity index is 481. The van der Waals surface area contributed by atoms with Crippen LogP contribution in [0.5, 0.6) is 5.75 Å². The number of hydrogen-bond acceptors (Lipinski definition) is 3. The lowest BCUT2D eigenvalue weighted by atomic mass is 9.82. The van der Waals surface area contributed by atoms with Crippen LogP contribution in [-0.2, 0) is 4.79 Å². The predicted molar refractivity (Wildman–Crippen MR) is 74.5 cm³/mol. The number of amides is 1. The van der Waals surface area contributed by atoms with Gasteiger partial charge >= 0.3 is 0 Å². The highest BCUT2D eigenvalue weighted by Gasteiger charge is 2.43. The molecule has 0 aliphatic carbocycles. The lowest BCUT2D eigenvalue weighted by Gasteiger charge is -2.36. The van der Waals surface area contributed by atoms with Crippen LogP contribution >= 0.6 is 0 Å². The van der Waals surface area contributed by atoms with Crippen molar-refractivity contribution >= 4 is 11.6 Å². The minimum absolute atomic E-state index is 0.232. The van der Waals surface area contributed by atoms with Gasteiger partial charge in [0.15, 0.2) is 0 Å². The summed E-state index contributed by atoms with van der Waals surface area (Å²) in [4.78, 5) is 14.9. The second-order valence-electron chi connectivity index (χ2n) is 5.33. The van der Waals surface area contributed by atoms with Crippen LogP contribution in [-0.4, -0.2) is 32.1 Å². The number of carbonyl (C=O) groups excluding carboxylic acids is 1. The first-order valence-electron chi connectivity index (χ1n) is 7.01. The molecule has 1 unspecified atom stereocenters. The van der Waals surface area contributed by atoms with Crippen molar-refractivity contribution in [2.75, 3.05) is 31.1 Å². The summed E-state index contributed by atoms with van der Waals surface area (Å²) in [7, 11) is 0. The standard InChI is InChI=1S/C15H20N2O2/c1-2-15(7-8-16-11-15)14(18)17-9-10-19-13-6-4-3-5-12(13)17/h3-6,16H,2,7-11H2,1H3. The van der Waals surface area contributed by atoms with E-state index in [0.717, 1.165) is 37.4 Å². The summed E-state index contributed by atoms with van der Waals surface area (Å²) >= 11 is 0. The number of fused-ring (bicyclic) bond motifs is 1. The zero-order valence-corrected chi connectivity index (χ0v) is 11.3. The molecule has 0 radical (unpaired) electrons. The van der Waals surface area contributed by atoms with Crippen molar-refractivity contribution in [3.05, 3.63) is 24.3 Å². The van der Waals surface area contributed by atoms with Crippen LogP contribution in [0.4, 0.5) is 5.69 Å². The monoisotopic (exact) mass is 260 g/mol. The molecule has 4 heteroatoms. The number of ether oxygens (including phenoxy) is 1. The Balaban J connectivity index is 1.93. The molecule has 0 bridgehead atoms. The average Bonchev–Trinajstić information content (AvgIpc) is 2.96. The molecular formula is C15H20N2O2. The Morgan fingerprint density at radius 2 is 2.32 bits per heavy atom. The number of rotatable bonds is 2. The number of hydrogen-bond donors (Lipinski definition) is 1. The molecule has 1 aromatic rings. The molecule has 1 fully saturated rings. The van der Waals surface area contributed by atoms with E-state index in [1.54, 1.807) is 0 Å². The van der Waals surface area contributed by atoms with Crippen molar-refractivity contribution in [2.24, 2.45) is 5.41 Å². The Kier molecular flexibility index (Phi) is 3.19. The van der Waals surface area contributed by atoms with E-state index in [-0.39, 0.29) is 11.3 Å². The molecule has 19 heavy (non-hydrogen) atoms. The SMILES string of the molecule is CCC1(C(=O)N2CCOc3ccccc32)CCNC1. The first-order chi connectivity index (χ1) is 9.27. The summed E-state index contributed by atoms with van der Waals surface area (Å²) in [6, 6.07) is 7.80. The van der Waals surface area contributed by atoms with Gasteiger partial charge in [-0.05, 0) is 31.5 Å². The molecule has 0 aromatic heterocycles. The van der Waals surface area contributed by atoms with Gasteiger partial charge in [0.05, 0.1) is 17.6 Å². The van der Waals surface area contributed by atoms with E-state index in [1.807, 2.05) is 29.2 Å². The van der Waals surface area contributed by atoms with Gasteiger partial charge in [0.1, 0.15) is 12.4 Å². The highest BCUT2D eigenvalue weighted by molar-refractivity contribution is 5.99. The maximum atomic E-state index is 12.9. The van der Waals surface area contributed by atoms with Gasteiger partial charge in [-0.2, -0.15) is 0 Å². The maximum absolute atomic E-state index is 12.9. The average molecular weight is 260 g/mol. The smallest absolute Gasteiger partial charge is 0.234 e. The second-order valence-corrected chi connectivity index (χ2v) is 5.33. The molecule has 2 aliphatic heterocycles. The first-order valence-corrected chi connectivity index (χ1v) is 7.01. The number of benzene rings is 1. The summed E-state index contributed by atoms with van der Waals surface area (Å²) in [6.45, 7) is 5.07. The maximum Gasteiger partial charge on any atom is 0.234 e. The molecule has 1 N–H and O–H groups in total. The minimum Gasteiger partial charge on any atom is -0.490 e. The van der Waals surface area contributed by atoms with Gasteiger partial charge in [0.25, 0.3) is 0 Å². The fourth-order valence-corrected chi connectivity index (χ4v) is 3.05. The van der Waals surface area contributed by atoms with Crippen LogP contribution in [0, 0.1) is 5.41 Å². The Hall–Kier alpha value is -1.55. The summed E-state index contributed by atoms with van der Waals surface area (Å²) in [6.07, 6.45) is 1.82. The molecule has 1 amide bonds. The third-order valence-electron chi connectivity index (χ3n) is 4.35. The number of carbonyl (C=O) groups is 1. The van der Waals surface area contributed by atoms with Crippen LogP contribution in [0.1, 0.15) is 19.8 Å². The molecule has 1 atom stereocenters. The Labute approximate surface area is 113 Å². The quantitative estimate of drug-likeness (QED) is 0.881. The highest BCUT2D eigenvalue weighted by Crippen LogP contribution is 2.37. The van der Waals surface area contributed by atoms with Crippen molar-refractivity contribution in [3.63, 3.8) is 0 Å². The highest BCUT2D eigenvalue weighted by atomic mass is 16.5. The summed E-state index contributed by atoms with van der Waals surface area (Å²) < 4.78 is 5.62. The molecule has 102 valence electrons. The molecule has 2 heterocycles. The van der Waals surface area contributed by atoms with E-state index in [2.05, 4.69) is 12.2 Å². The molecular weight excluding hydrogens is 240 g/mol. The van der Waals surface area contributed by atoms with Gasteiger partial charge in [-0.25, -0.2) is 0 Å². The number of anilines is 1. The fourth-order valence-electron chi connectivity index (χ4n) is 3.05. The largest absolute Gasteiger partial charge is 0.490 e. The van der Waals surface area contributed by atoms with Crippen molar-refractivity contribution in [3.8, 4) is 5.75 Å². The van der Waals surface area contributed by atoms with Crippen molar-refractivity contribution in [1.82, 2.24) is 5.32 Å². The molecule has 4 nitrogen and oxygen atoms in total. The van der Waals surface area contributed by atoms with Crippen molar-refractivity contribution in [2.45, 2.75) is 19.8 Å². The van der Waals surface area contributed by atoms with Gasteiger partial charge in [-0.1, -0.05) is 19.1 Å². The molecule has 0 saturated carbocycles. The van der Waals surface area contributed by atoms with Crippen LogP contribution in [0.3, 0.4) is 0 Å². The van der Waals surface area contributed by atoms with Crippen LogP contribution in [0.15, 0.2) is 24.3 Å². The van der Waals surface area contributed by atoms with Gasteiger partial charge in [-0.15, -0.1) is 0 Å². The zero-order valence-electron chi connectivity index (χ0n) is 11.3. The van der Waals surface area contributed by atoms with Gasteiger partial charge in [0.2, 0.25) is 5.91 Å². The predicted octanol–water partition coefficient (Wildman–Crippen LogP) is 1.80. The molecule has 0 spiro atoms. The number of nitrogens with zero attached hydrogens (tertiary/aromatic N) is 1. The third-order valence-corrected chi connectivity index (χ3v) is 4.35. The van der Waals surface area contributed by atoms with E-state index < -0.39 is 0 Å². The lowest BCUT2D eigenvalue weighted by Crippen LogP contribution is -2.48. The Morgan fingerprint density at radius 3 is 3.05 bits per heavy atom. The van der Waals surface area contributed by atoms with Crippen LogP contribution in [0.25, 0.3) is 0 Å². The second kappa shape index (κ2) is 4.85. The van der Waals surface area contributed by atoms with Crippen molar-refractivity contribution in [1.29, 1.82) is 0 Å². The van der Waals surface area contributed by atoms with Crippen LogP contribution in [0.2, 0.25) is 0 Å². The molecule has 1 aromatic carbocycles. The fraction of sp³-hybridized carbons (Fsp3) is 0.533. The first kappa shape index (κ1) is 12.5. The van der Waals surface area contributed by atoms with E-state index in [1.165, 1.54) is 0 Å². The van der Waals surface area contributed by atoms with Crippen molar-refractivity contribution < 1.29 is 9.53 Å². The lowest BCUT2D eigenvalue weighted by molar-refractivity contribution is -0.127. The summed E-state index contributed by atoms with van der Waals surface area (Å²) in [5.74, 6) is 1.06. The van der Waals surface area contributed by atoms with Gasteiger partial charge < -0.3 is 15.0 Å². The van der Waals surface area contributed by atoms with E-state index >= 15 is 0 Å². The van der Waals surface area contributed by atoms with E-state index in [0.29, 0.717) is 13.2 Å². The minimum atomic E-state index is -0.232. The molecule has 1 saturated heterocycles. The number of nitrogens with one attached hydrogen (secondary N) is 1. The molecule has 3 rings (SSSR count). The van der Waals surface area contributed by atoms with Gasteiger partial charge in [-0.3, -0.25) is 4.79 Å². The topological polar surface area (TPSA) is 41.6 Å². The number of para-hydroxylation sites is 2. The Morgan fingerprint density at radius 1 is 1.47 bits per heavy atom. The summed E-state index contributed by atoms with van der Waals surface area (Å²) in [5, 5.41) is 3.33. The van der Waals surface area contributed by atoms with Crippen LogP contribution < -0.4 is 15.0 Å². The zero-order chi connectivity index (χ0) is 13.3. The normalized spacial score (nSPS) is 25.8. The molecule has 2 aliphatic rings. The summed E-state index contributed by atoms with van der Waals surface area (Å²) in [5.41, 5.74) is 0.684. The van der Waals surface area contributed by atoms with E-state index in [4.69, 9.17) is 4.74 Å².